The molecule has 0 bridgehead atoms. The van der Waals surface area contributed by atoms with Gasteiger partial charge in [-0.25, -0.2) is 0 Å². The zero-order valence-electron chi connectivity index (χ0n) is 14.7. The van der Waals surface area contributed by atoms with Crippen LogP contribution >= 0.6 is 22.7 Å². The highest BCUT2D eigenvalue weighted by Gasteiger charge is 2.12. The molecular weight excluding hydrogens is 352 g/mol. The van der Waals surface area contributed by atoms with Crippen LogP contribution in [0.15, 0.2) is 66.7 Å². The van der Waals surface area contributed by atoms with Crippen molar-refractivity contribution in [2.24, 2.45) is 0 Å². The van der Waals surface area contributed by atoms with Crippen molar-refractivity contribution in [3.8, 4) is 9.75 Å². The largest absolute Gasteiger partial charge is 0.134 e. The van der Waals surface area contributed by atoms with Crippen LogP contribution in [0.3, 0.4) is 0 Å². The van der Waals surface area contributed by atoms with Crippen molar-refractivity contribution < 1.29 is 0 Å². The molecule has 0 nitrogen and oxygen atoms in total. The minimum absolute atomic E-state index is 1.31. The number of aryl methyl sites for hydroxylation is 1. The van der Waals surface area contributed by atoms with Gasteiger partial charge in [0, 0.05) is 29.9 Å². The second-order valence-electron chi connectivity index (χ2n) is 6.63. The van der Waals surface area contributed by atoms with Gasteiger partial charge in [-0.1, -0.05) is 48.6 Å². The minimum Gasteiger partial charge on any atom is -0.134 e. The molecule has 0 N–H and O–H groups in total. The van der Waals surface area contributed by atoms with E-state index in [4.69, 9.17) is 0 Å². The molecule has 0 aliphatic heterocycles. The van der Waals surface area contributed by atoms with Crippen molar-refractivity contribution in [2.45, 2.75) is 13.8 Å². The van der Waals surface area contributed by atoms with E-state index in [1.165, 1.54) is 51.8 Å². The Morgan fingerprint density at radius 3 is 2.23 bits per heavy atom. The predicted molar refractivity (Wildman–Crippen MR) is 120 cm³/mol. The molecule has 126 valence electrons. The SMILES string of the molecule is C/C=C\c1c(C)ccc2sc(-c3cc4c(ccc5ccccc54)s3)cc12. The highest BCUT2D eigenvalue weighted by atomic mass is 32.1. The van der Waals surface area contributed by atoms with Crippen molar-refractivity contribution in [1.29, 1.82) is 0 Å². The van der Waals surface area contributed by atoms with Crippen molar-refractivity contribution in [2.75, 3.05) is 0 Å². The van der Waals surface area contributed by atoms with Crippen molar-refractivity contribution in [1.82, 2.24) is 0 Å². The van der Waals surface area contributed by atoms with Crippen molar-refractivity contribution >= 4 is 59.7 Å². The number of rotatable bonds is 2. The van der Waals surface area contributed by atoms with Crippen LogP contribution in [0.1, 0.15) is 18.1 Å². The van der Waals surface area contributed by atoms with Crippen LogP contribution in [-0.4, -0.2) is 0 Å². The summed E-state index contributed by atoms with van der Waals surface area (Å²) in [5.74, 6) is 0. The first-order chi connectivity index (χ1) is 12.7. The van der Waals surface area contributed by atoms with Gasteiger partial charge in [0.25, 0.3) is 0 Å². The smallest absolute Gasteiger partial charge is 0.0455 e. The Balaban J connectivity index is 1.75. The second kappa shape index (κ2) is 6.08. The molecule has 2 aromatic heterocycles. The number of allylic oxidation sites excluding steroid dienone is 1. The monoisotopic (exact) mass is 370 g/mol. The Bertz CT molecular complexity index is 1300. The van der Waals surface area contributed by atoms with E-state index in [0.717, 1.165) is 0 Å². The maximum Gasteiger partial charge on any atom is 0.0455 e. The summed E-state index contributed by atoms with van der Waals surface area (Å²) in [4.78, 5) is 2.73. The Morgan fingerprint density at radius 1 is 0.731 bits per heavy atom. The highest BCUT2D eigenvalue weighted by Crippen LogP contribution is 2.42. The predicted octanol–water partition coefficient (Wildman–Crippen LogP) is 8.28. The molecule has 3 aromatic carbocycles. The minimum atomic E-state index is 1.31. The fourth-order valence-electron chi connectivity index (χ4n) is 3.67. The van der Waals surface area contributed by atoms with E-state index in [2.05, 4.69) is 86.7 Å². The van der Waals surface area contributed by atoms with Gasteiger partial charge in [0.15, 0.2) is 0 Å². The summed E-state index contributed by atoms with van der Waals surface area (Å²) in [6, 6.07) is 22.4. The molecule has 5 aromatic rings. The first-order valence-corrected chi connectivity index (χ1v) is 10.5. The molecule has 2 heterocycles. The van der Waals surface area contributed by atoms with Crippen LogP contribution in [0.5, 0.6) is 0 Å². The lowest BCUT2D eigenvalue weighted by atomic mass is 10.0. The van der Waals surface area contributed by atoms with Crippen LogP contribution < -0.4 is 0 Å². The lowest BCUT2D eigenvalue weighted by Gasteiger charge is -2.01. The summed E-state index contributed by atoms with van der Waals surface area (Å²) in [5.41, 5.74) is 2.68. The summed E-state index contributed by atoms with van der Waals surface area (Å²) < 4.78 is 2.72. The van der Waals surface area contributed by atoms with Gasteiger partial charge in [0.05, 0.1) is 0 Å². The fraction of sp³-hybridized carbons (Fsp3) is 0.0833. The van der Waals surface area contributed by atoms with Gasteiger partial charge in [0.1, 0.15) is 0 Å². The number of thiophene rings is 2. The van der Waals surface area contributed by atoms with Crippen LogP contribution in [-0.2, 0) is 0 Å². The lowest BCUT2D eigenvalue weighted by Crippen LogP contribution is -1.79. The summed E-state index contributed by atoms with van der Waals surface area (Å²) in [7, 11) is 0. The Labute approximate surface area is 161 Å². The van der Waals surface area contributed by atoms with E-state index in [9.17, 15) is 0 Å². The zero-order chi connectivity index (χ0) is 17.7. The molecule has 0 fully saturated rings. The Kier molecular flexibility index (Phi) is 3.70. The summed E-state index contributed by atoms with van der Waals surface area (Å²) in [6.45, 7) is 4.28. The quantitative estimate of drug-likeness (QED) is 0.293. The molecule has 5 rings (SSSR count). The summed E-state index contributed by atoms with van der Waals surface area (Å²) in [5, 5.41) is 5.39. The molecule has 0 aliphatic rings. The fourth-order valence-corrected chi connectivity index (χ4v) is 5.89. The topological polar surface area (TPSA) is 0 Å². The third-order valence-corrected chi connectivity index (χ3v) is 7.36. The van der Waals surface area contributed by atoms with Gasteiger partial charge in [-0.3, -0.25) is 0 Å². The van der Waals surface area contributed by atoms with E-state index in [1.807, 2.05) is 22.7 Å². The molecule has 0 spiro atoms. The molecule has 0 saturated heterocycles. The number of fused-ring (bicyclic) bond motifs is 4. The van der Waals surface area contributed by atoms with E-state index < -0.39 is 0 Å². The zero-order valence-corrected chi connectivity index (χ0v) is 16.4. The first kappa shape index (κ1) is 15.8. The molecule has 0 unspecified atom stereocenters. The van der Waals surface area contributed by atoms with Crippen LogP contribution in [0.25, 0.3) is 46.8 Å². The van der Waals surface area contributed by atoms with Crippen LogP contribution in [0, 0.1) is 6.92 Å². The van der Waals surface area contributed by atoms with Gasteiger partial charge in [-0.05, 0) is 60.0 Å². The Morgan fingerprint density at radius 2 is 1.42 bits per heavy atom. The third-order valence-electron chi connectivity index (χ3n) is 4.96. The number of hydrogen-bond donors (Lipinski definition) is 0. The Hall–Kier alpha value is -2.42. The molecule has 26 heavy (non-hydrogen) atoms. The standard InChI is InChI=1S/C24H18S2/c1-3-6-17-15(2)9-11-21-19(17)13-23(25-21)24-14-20-18-8-5-4-7-16(18)10-12-22(20)26-24/h3-14H,1-2H3/b6-3-. The highest BCUT2D eigenvalue weighted by molar-refractivity contribution is 7.28. The maximum absolute atomic E-state index is 2.37. The molecule has 2 heteroatoms. The van der Waals surface area contributed by atoms with E-state index in [0.29, 0.717) is 0 Å². The van der Waals surface area contributed by atoms with Gasteiger partial charge >= 0.3 is 0 Å². The lowest BCUT2D eigenvalue weighted by molar-refractivity contribution is 1.48. The summed E-state index contributed by atoms with van der Waals surface area (Å²) >= 11 is 3.79. The average molecular weight is 371 g/mol. The van der Waals surface area contributed by atoms with E-state index in [-0.39, 0.29) is 0 Å². The van der Waals surface area contributed by atoms with Crippen molar-refractivity contribution in [3.63, 3.8) is 0 Å². The van der Waals surface area contributed by atoms with Gasteiger partial charge in [0.2, 0.25) is 0 Å². The molecule has 0 amide bonds. The molecular formula is C24H18S2. The second-order valence-corrected chi connectivity index (χ2v) is 8.80. The average Bonchev–Trinajstić information content (AvgIpc) is 3.28. The maximum atomic E-state index is 2.37. The normalized spacial score (nSPS) is 12.1. The summed E-state index contributed by atoms with van der Waals surface area (Å²) in [6.07, 6.45) is 4.36. The molecule has 0 saturated carbocycles. The molecule has 0 aliphatic carbocycles. The third kappa shape index (κ3) is 2.41. The molecule has 0 atom stereocenters. The first-order valence-electron chi connectivity index (χ1n) is 8.82. The van der Waals surface area contributed by atoms with E-state index >= 15 is 0 Å². The van der Waals surface area contributed by atoms with Gasteiger partial charge in [-0.2, -0.15) is 0 Å². The van der Waals surface area contributed by atoms with Crippen LogP contribution in [0.2, 0.25) is 0 Å². The number of hydrogen-bond acceptors (Lipinski definition) is 2. The van der Waals surface area contributed by atoms with E-state index in [1.54, 1.807) is 0 Å². The van der Waals surface area contributed by atoms with Crippen molar-refractivity contribution in [3.05, 3.63) is 77.9 Å². The van der Waals surface area contributed by atoms with Gasteiger partial charge in [-0.15, -0.1) is 22.7 Å². The number of benzene rings is 3. The van der Waals surface area contributed by atoms with Gasteiger partial charge < -0.3 is 0 Å². The molecule has 0 radical (unpaired) electrons. The van der Waals surface area contributed by atoms with Crippen LogP contribution in [0.4, 0.5) is 0 Å².